The van der Waals surface area contributed by atoms with Crippen LogP contribution in [0.4, 0.5) is 5.69 Å². The number of piperidine rings is 1. The second-order valence-electron chi connectivity index (χ2n) is 8.29. The Labute approximate surface area is 189 Å². The maximum absolute atomic E-state index is 12.8. The molecule has 32 heavy (non-hydrogen) atoms. The molecular weight excluding hydrogens is 424 g/mol. The van der Waals surface area contributed by atoms with Crippen LogP contribution in [0.5, 0.6) is 0 Å². The minimum Gasteiger partial charge on any atom is -0.326 e. The maximum Gasteiger partial charge on any atom is 0.243 e. The van der Waals surface area contributed by atoms with E-state index in [-0.39, 0.29) is 10.8 Å². The Morgan fingerprint density at radius 1 is 1.06 bits per heavy atom. The zero-order valence-corrected chi connectivity index (χ0v) is 19.0. The number of nitrogens with zero attached hydrogens (tertiary/aromatic N) is 3. The summed E-state index contributed by atoms with van der Waals surface area (Å²) in [4.78, 5) is 12.6. The second kappa shape index (κ2) is 9.67. The molecule has 3 aromatic rings. The predicted octanol–water partition coefficient (Wildman–Crippen LogP) is 3.86. The van der Waals surface area contributed by atoms with E-state index in [2.05, 4.69) is 17.3 Å². The van der Waals surface area contributed by atoms with E-state index in [1.165, 1.54) is 0 Å². The molecule has 1 aromatic heterocycles. The zero-order valence-electron chi connectivity index (χ0n) is 18.1. The fourth-order valence-corrected chi connectivity index (χ4v) is 5.25. The molecule has 0 spiro atoms. The van der Waals surface area contributed by atoms with Gasteiger partial charge in [-0.25, -0.2) is 13.1 Å². The van der Waals surface area contributed by atoms with Gasteiger partial charge >= 0.3 is 0 Å². The van der Waals surface area contributed by atoms with Crippen molar-refractivity contribution >= 4 is 21.6 Å². The lowest BCUT2D eigenvalue weighted by Crippen LogP contribution is -2.37. The van der Waals surface area contributed by atoms with Crippen molar-refractivity contribution in [3.63, 3.8) is 0 Å². The molecule has 0 saturated carbocycles. The van der Waals surface area contributed by atoms with Crippen molar-refractivity contribution in [1.82, 2.24) is 14.1 Å². The molecule has 0 unspecified atom stereocenters. The van der Waals surface area contributed by atoms with E-state index in [4.69, 9.17) is 0 Å². The Morgan fingerprint density at radius 2 is 1.75 bits per heavy atom. The molecule has 2 heterocycles. The number of hydrogen-bond acceptors (Lipinski definition) is 4. The average Bonchev–Trinajstić information content (AvgIpc) is 3.28. The first-order valence-electron chi connectivity index (χ1n) is 10.9. The van der Waals surface area contributed by atoms with Crippen LogP contribution in [0.1, 0.15) is 31.7 Å². The van der Waals surface area contributed by atoms with Crippen molar-refractivity contribution in [2.24, 2.45) is 5.92 Å². The number of nitrogens with one attached hydrogen (secondary N) is 1. The van der Waals surface area contributed by atoms with Gasteiger partial charge < -0.3 is 5.32 Å². The Bertz CT molecular complexity index is 1150. The van der Waals surface area contributed by atoms with Crippen molar-refractivity contribution in [3.05, 3.63) is 72.6 Å². The minimum absolute atomic E-state index is 0.127. The summed E-state index contributed by atoms with van der Waals surface area (Å²) in [6.07, 6.45) is 6.34. The second-order valence-corrected chi connectivity index (χ2v) is 10.2. The largest absolute Gasteiger partial charge is 0.326 e. The lowest BCUT2D eigenvalue weighted by Gasteiger charge is -2.29. The Balaban J connectivity index is 1.31. The highest BCUT2D eigenvalue weighted by Gasteiger charge is 2.27. The first-order valence-corrected chi connectivity index (χ1v) is 12.3. The third-order valence-corrected chi connectivity index (χ3v) is 7.73. The SMILES string of the molecule is CC1CCN(S(=O)(=O)c2ccc(NC(=O)CCc3cnn(-c4ccccc4)c3)cc2)CC1. The molecule has 7 nitrogen and oxygen atoms in total. The number of amides is 1. The van der Waals surface area contributed by atoms with Crippen LogP contribution in [0.2, 0.25) is 0 Å². The molecule has 1 aliphatic rings. The van der Waals surface area contributed by atoms with Crippen molar-refractivity contribution in [3.8, 4) is 5.69 Å². The number of benzene rings is 2. The lowest BCUT2D eigenvalue weighted by atomic mass is 10.0. The summed E-state index contributed by atoms with van der Waals surface area (Å²) in [7, 11) is -3.49. The highest BCUT2D eigenvalue weighted by atomic mass is 32.2. The van der Waals surface area contributed by atoms with Gasteiger partial charge in [0, 0.05) is 31.4 Å². The quantitative estimate of drug-likeness (QED) is 0.590. The fourth-order valence-electron chi connectivity index (χ4n) is 3.78. The minimum atomic E-state index is -3.49. The van der Waals surface area contributed by atoms with Crippen molar-refractivity contribution in [2.45, 2.75) is 37.5 Å². The molecule has 1 fully saturated rings. The van der Waals surface area contributed by atoms with Crippen LogP contribution in [0, 0.1) is 5.92 Å². The number of hydrogen-bond donors (Lipinski definition) is 1. The van der Waals surface area contributed by atoms with E-state index >= 15 is 0 Å². The lowest BCUT2D eigenvalue weighted by molar-refractivity contribution is -0.116. The first-order chi connectivity index (χ1) is 15.4. The summed E-state index contributed by atoms with van der Waals surface area (Å²) >= 11 is 0. The molecule has 1 aliphatic heterocycles. The van der Waals surface area contributed by atoms with Crippen LogP contribution in [0.3, 0.4) is 0 Å². The van der Waals surface area contributed by atoms with E-state index in [9.17, 15) is 13.2 Å². The molecule has 0 aliphatic carbocycles. The molecular formula is C24H28N4O3S. The standard InChI is InChI=1S/C24H28N4O3S/c1-19-13-15-27(16-14-19)32(30,31)23-10-8-21(9-11-23)26-24(29)12-7-20-17-25-28(18-20)22-5-3-2-4-6-22/h2-6,8-11,17-19H,7,12-16H2,1H3,(H,26,29). The van der Waals surface area contributed by atoms with Gasteiger partial charge in [-0.05, 0) is 67.1 Å². The van der Waals surface area contributed by atoms with Crippen molar-refractivity contribution < 1.29 is 13.2 Å². The van der Waals surface area contributed by atoms with Gasteiger partial charge in [-0.1, -0.05) is 25.1 Å². The molecule has 8 heteroatoms. The number of aryl methyl sites for hydroxylation is 1. The maximum atomic E-state index is 12.8. The number of anilines is 1. The molecule has 2 aromatic carbocycles. The average molecular weight is 453 g/mol. The normalized spacial score (nSPS) is 15.5. The molecule has 0 radical (unpaired) electrons. The van der Waals surface area contributed by atoms with E-state index < -0.39 is 10.0 Å². The topological polar surface area (TPSA) is 84.3 Å². The van der Waals surface area contributed by atoms with Crippen LogP contribution in [-0.2, 0) is 21.2 Å². The van der Waals surface area contributed by atoms with Crippen LogP contribution in [0.15, 0.2) is 71.9 Å². The molecule has 0 bridgehead atoms. The molecule has 168 valence electrons. The summed E-state index contributed by atoms with van der Waals surface area (Å²) in [5, 5.41) is 7.19. The van der Waals surface area contributed by atoms with E-state index in [0.717, 1.165) is 24.1 Å². The Kier molecular flexibility index (Phi) is 6.72. The predicted molar refractivity (Wildman–Crippen MR) is 124 cm³/mol. The number of carbonyl (C=O) groups is 1. The van der Waals surface area contributed by atoms with Crippen LogP contribution >= 0.6 is 0 Å². The number of rotatable bonds is 7. The zero-order chi connectivity index (χ0) is 22.6. The number of sulfonamides is 1. The fraction of sp³-hybridized carbons (Fsp3) is 0.333. The van der Waals surface area contributed by atoms with Gasteiger partial charge in [0.2, 0.25) is 15.9 Å². The van der Waals surface area contributed by atoms with Gasteiger partial charge in [-0.2, -0.15) is 9.40 Å². The molecule has 1 saturated heterocycles. The van der Waals surface area contributed by atoms with E-state index in [0.29, 0.717) is 37.5 Å². The third kappa shape index (κ3) is 5.26. The summed E-state index contributed by atoms with van der Waals surface area (Å²) in [6.45, 7) is 3.27. The number of aromatic nitrogens is 2. The van der Waals surface area contributed by atoms with Gasteiger partial charge in [0.1, 0.15) is 0 Å². The Hall–Kier alpha value is -2.97. The van der Waals surface area contributed by atoms with Gasteiger partial charge in [-0.15, -0.1) is 0 Å². The summed E-state index contributed by atoms with van der Waals surface area (Å²) in [6, 6.07) is 16.2. The third-order valence-electron chi connectivity index (χ3n) is 5.82. The number of para-hydroxylation sites is 1. The van der Waals surface area contributed by atoms with Gasteiger partial charge in [0.15, 0.2) is 0 Å². The summed E-state index contributed by atoms with van der Waals surface area (Å²) < 4.78 is 29.0. The highest BCUT2D eigenvalue weighted by molar-refractivity contribution is 7.89. The molecule has 4 rings (SSSR count). The van der Waals surface area contributed by atoms with Crippen LogP contribution < -0.4 is 5.32 Å². The molecule has 1 N–H and O–H groups in total. The smallest absolute Gasteiger partial charge is 0.243 e. The van der Waals surface area contributed by atoms with Gasteiger partial charge in [-0.3, -0.25) is 4.79 Å². The summed E-state index contributed by atoms with van der Waals surface area (Å²) in [5.41, 5.74) is 2.53. The summed E-state index contributed by atoms with van der Waals surface area (Å²) in [5.74, 6) is 0.435. The molecule has 0 atom stereocenters. The van der Waals surface area contributed by atoms with Gasteiger partial charge in [0.05, 0.1) is 16.8 Å². The van der Waals surface area contributed by atoms with Crippen molar-refractivity contribution in [2.75, 3.05) is 18.4 Å². The van der Waals surface area contributed by atoms with Gasteiger partial charge in [0.25, 0.3) is 0 Å². The Morgan fingerprint density at radius 3 is 2.44 bits per heavy atom. The van der Waals surface area contributed by atoms with Crippen LogP contribution in [-0.4, -0.2) is 41.5 Å². The highest BCUT2D eigenvalue weighted by Crippen LogP contribution is 2.24. The monoisotopic (exact) mass is 452 g/mol. The first kappa shape index (κ1) is 22.2. The molecule has 1 amide bonds. The van der Waals surface area contributed by atoms with Crippen molar-refractivity contribution in [1.29, 1.82) is 0 Å². The van der Waals surface area contributed by atoms with E-state index in [1.54, 1.807) is 39.4 Å². The van der Waals surface area contributed by atoms with E-state index in [1.807, 2.05) is 36.5 Å². The number of carbonyl (C=O) groups excluding carboxylic acids is 1. The van der Waals surface area contributed by atoms with Crippen LogP contribution in [0.25, 0.3) is 5.69 Å².